The first-order valence-corrected chi connectivity index (χ1v) is 5.32. The predicted octanol–water partition coefficient (Wildman–Crippen LogP) is 1.45. The second-order valence-corrected chi connectivity index (χ2v) is 4.10. The van der Waals surface area contributed by atoms with E-state index in [0.29, 0.717) is 24.8 Å². The second-order valence-electron chi connectivity index (χ2n) is 4.10. The number of likely N-dealkylation sites (N-methyl/N-ethyl adjacent to an activating group) is 1. The minimum Gasteiger partial charge on any atom is -0.298 e. The van der Waals surface area contributed by atoms with Crippen LogP contribution < -0.4 is 0 Å². The molecule has 1 fully saturated rings. The summed E-state index contributed by atoms with van der Waals surface area (Å²) in [5.41, 5.74) is 0. The van der Waals surface area contributed by atoms with E-state index in [4.69, 9.17) is 5.26 Å². The molecule has 1 saturated carbocycles. The lowest BCUT2D eigenvalue weighted by molar-refractivity contribution is -0.121. The highest BCUT2D eigenvalue weighted by Crippen LogP contribution is 2.29. The average molecular weight is 194 g/mol. The quantitative estimate of drug-likeness (QED) is 0.642. The molecule has 0 radical (unpaired) electrons. The van der Waals surface area contributed by atoms with Crippen molar-refractivity contribution in [2.75, 3.05) is 19.6 Å². The first-order chi connectivity index (χ1) is 6.67. The predicted molar refractivity (Wildman–Crippen MR) is 54.6 cm³/mol. The first-order valence-electron chi connectivity index (χ1n) is 5.32. The van der Waals surface area contributed by atoms with Crippen LogP contribution in [0.15, 0.2) is 0 Å². The molecule has 0 spiro atoms. The van der Waals surface area contributed by atoms with Gasteiger partial charge in [0.2, 0.25) is 0 Å². The van der Waals surface area contributed by atoms with E-state index in [1.165, 1.54) is 0 Å². The Morgan fingerprint density at radius 2 is 2.29 bits per heavy atom. The number of nitriles is 1. The van der Waals surface area contributed by atoms with E-state index in [0.717, 1.165) is 19.4 Å². The van der Waals surface area contributed by atoms with Gasteiger partial charge in [0.05, 0.1) is 18.5 Å². The van der Waals surface area contributed by atoms with E-state index in [2.05, 4.69) is 11.0 Å². The Kier molecular flexibility index (Phi) is 4.09. The third-order valence-corrected chi connectivity index (χ3v) is 2.61. The number of ketones is 1. The summed E-state index contributed by atoms with van der Waals surface area (Å²) in [6.45, 7) is 6.03. The summed E-state index contributed by atoms with van der Waals surface area (Å²) in [7, 11) is 0. The van der Waals surface area contributed by atoms with Crippen LogP contribution in [-0.4, -0.2) is 30.3 Å². The molecule has 1 rings (SSSR count). The summed E-state index contributed by atoms with van der Waals surface area (Å²) in [5, 5.41) is 8.67. The first kappa shape index (κ1) is 11.2. The number of nitrogens with zero attached hydrogens (tertiary/aromatic N) is 2. The van der Waals surface area contributed by atoms with Crippen LogP contribution in [0.1, 0.15) is 26.7 Å². The van der Waals surface area contributed by atoms with Crippen molar-refractivity contribution >= 4 is 5.78 Å². The zero-order valence-electron chi connectivity index (χ0n) is 8.99. The molecule has 0 heterocycles. The molecule has 0 N–H and O–H groups in total. The van der Waals surface area contributed by atoms with Crippen molar-refractivity contribution in [3.8, 4) is 6.07 Å². The second kappa shape index (κ2) is 5.11. The SMILES string of the molecule is CCN(CC(=O)C1CC1)CC(C)C#N. The van der Waals surface area contributed by atoms with Gasteiger partial charge in [0.1, 0.15) is 5.78 Å². The van der Waals surface area contributed by atoms with Gasteiger partial charge in [-0.1, -0.05) is 6.92 Å². The fourth-order valence-corrected chi connectivity index (χ4v) is 1.49. The maximum atomic E-state index is 11.5. The summed E-state index contributed by atoms with van der Waals surface area (Å²) in [6, 6.07) is 2.19. The summed E-state index contributed by atoms with van der Waals surface area (Å²) < 4.78 is 0. The molecule has 1 aliphatic carbocycles. The smallest absolute Gasteiger partial charge is 0.149 e. The van der Waals surface area contributed by atoms with Gasteiger partial charge in [-0.3, -0.25) is 9.69 Å². The molecule has 0 saturated heterocycles. The van der Waals surface area contributed by atoms with Gasteiger partial charge in [0, 0.05) is 12.5 Å². The molecule has 1 aliphatic rings. The van der Waals surface area contributed by atoms with Gasteiger partial charge in [-0.15, -0.1) is 0 Å². The van der Waals surface area contributed by atoms with E-state index in [1.54, 1.807) is 0 Å². The van der Waals surface area contributed by atoms with Crippen molar-refractivity contribution in [1.82, 2.24) is 4.90 Å². The van der Waals surface area contributed by atoms with Gasteiger partial charge in [0.15, 0.2) is 0 Å². The third-order valence-electron chi connectivity index (χ3n) is 2.61. The van der Waals surface area contributed by atoms with E-state index in [1.807, 2.05) is 13.8 Å². The van der Waals surface area contributed by atoms with E-state index in [9.17, 15) is 4.79 Å². The zero-order valence-corrected chi connectivity index (χ0v) is 8.99. The summed E-state index contributed by atoms with van der Waals surface area (Å²) in [4.78, 5) is 13.6. The van der Waals surface area contributed by atoms with E-state index < -0.39 is 0 Å². The Balaban J connectivity index is 2.30. The third kappa shape index (κ3) is 3.47. The Morgan fingerprint density at radius 3 is 2.71 bits per heavy atom. The van der Waals surface area contributed by atoms with Crippen molar-refractivity contribution in [1.29, 1.82) is 5.26 Å². The molecule has 78 valence electrons. The van der Waals surface area contributed by atoms with Crippen molar-refractivity contribution in [3.05, 3.63) is 0 Å². The van der Waals surface area contributed by atoms with Crippen LogP contribution in [0.5, 0.6) is 0 Å². The molecule has 0 bridgehead atoms. The van der Waals surface area contributed by atoms with Crippen LogP contribution in [0.25, 0.3) is 0 Å². The average Bonchev–Trinajstić information content (AvgIpc) is 2.99. The minimum atomic E-state index is 0.0157. The van der Waals surface area contributed by atoms with Gasteiger partial charge < -0.3 is 0 Å². The van der Waals surface area contributed by atoms with Crippen molar-refractivity contribution in [3.63, 3.8) is 0 Å². The highest BCUT2D eigenvalue weighted by atomic mass is 16.1. The normalized spacial score (nSPS) is 17.9. The van der Waals surface area contributed by atoms with E-state index in [-0.39, 0.29) is 5.92 Å². The Hall–Kier alpha value is -0.880. The van der Waals surface area contributed by atoms with Crippen LogP contribution in [0.2, 0.25) is 0 Å². The molecule has 0 aromatic heterocycles. The highest BCUT2D eigenvalue weighted by Gasteiger charge is 2.30. The monoisotopic (exact) mass is 194 g/mol. The number of hydrogen-bond acceptors (Lipinski definition) is 3. The van der Waals surface area contributed by atoms with Gasteiger partial charge in [-0.2, -0.15) is 5.26 Å². The number of carbonyl (C=O) groups is 1. The standard InChI is InChI=1S/C11H18N2O/c1-3-13(7-9(2)6-12)8-11(14)10-4-5-10/h9-10H,3-5,7-8H2,1-2H3. The molecule has 0 aliphatic heterocycles. The Morgan fingerprint density at radius 1 is 1.64 bits per heavy atom. The Bertz CT molecular complexity index is 240. The number of carbonyl (C=O) groups excluding carboxylic acids is 1. The lowest BCUT2D eigenvalue weighted by Gasteiger charge is -2.20. The number of hydrogen-bond donors (Lipinski definition) is 0. The van der Waals surface area contributed by atoms with Crippen LogP contribution >= 0.6 is 0 Å². The number of Topliss-reactive ketones (excluding diaryl/α,β-unsaturated/α-hetero) is 1. The number of rotatable bonds is 6. The van der Waals surface area contributed by atoms with Gasteiger partial charge in [0.25, 0.3) is 0 Å². The Labute approximate surface area is 85.7 Å². The summed E-state index contributed by atoms with van der Waals surface area (Å²) in [6.07, 6.45) is 2.15. The van der Waals surface area contributed by atoms with Crippen LogP contribution in [0, 0.1) is 23.2 Å². The maximum Gasteiger partial charge on any atom is 0.149 e. The van der Waals surface area contributed by atoms with Gasteiger partial charge >= 0.3 is 0 Å². The fraction of sp³-hybridized carbons (Fsp3) is 0.818. The van der Waals surface area contributed by atoms with E-state index >= 15 is 0 Å². The van der Waals surface area contributed by atoms with Crippen LogP contribution in [0.3, 0.4) is 0 Å². The molecule has 3 heteroatoms. The fourth-order valence-electron chi connectivity index (χ4n) is 1.49. The lowest BCUT2D eigenvalue weighted by atomic mass is 10.1. The molecule has 1 unspecified atom stereocenters. The lowest BCUT2D eigenvalue weighted by Crippen LogP contribution is -2.33. The molecular formula is C11H18N2O. The van der Waals surface area contributed by atoms with Gasteiger partial charge in [-0.05, 0) is 26.3 Å². The topological polar surface area (TPSA) is 44.1 Å². The van der Waals surface area contributed by atoms with Crippen LogP contribution in [0.4, 0.5) is 0 Å². The molecule has 3 nitrogen and oxygen atoms in total. The molecule has 0 amide bonds. The van der Waals surface area contributed by atoms with Crippen LogP contribution in [-0.2, 0) is 4.79 Å². The summed E-state index contributed by atoms with van der Waals surface area (Å²) >= 11 is 0. The van der Waals surface area contributed by atoms with Crippen molar-refractivity contribution < 1.29 is 4.79 Å². The van der Waals surface area contributed by atoms with Gasteiger partial charge in [-0.25, -0.2) is 0 Å². The molecular weight excluding hydrogens is 176 g/mol. The summed E-state index contributed by atoms with van der Waals surface area (Å²) in [5.74, 6) is 0.709. The highest BCUT2D eigenvalue weighted by molar-refractivity contribution is 5.84. The molecule has 1 atom stereocenters. The zero-order chi connectivity index (χ0) is 10.6. The molecule has 0 aromatic rings. The molecule has 14 heavy (non-hydrogen) atoms. The minimum absolute atomic E-state index is 0.0157. The largest absolute Gasteiger partial charge is 0.298 e. The maximum absolute atomic E-state index is 11.5. The van der Waals surface area contributed by atoms with Crippen molar-refractivity contribution in [2.24, 2.45) is 11.8 Å². The van der Waals surface area contributed by atoms with Crippen molar-refractivity contribution in [2.45, 2.75) is 26.7 Å². The molecule has 0 aromatic carbocycles.